The van der Waals surface area contributed by atoms with E-state index in [0.29, 0.717) is 5.69 Å². The van der Waals surface area contributed by atoms with E-state index in [1.54, 1.807) is 12.3 Å². The summed E-state index contributed by atoms with van der Waals surface area (Å²) in [6.45, 7) is 0. The van der Waals surface area contributed by atoms with E-state index in [2.05, 4.69) is 4.98 Å². The lowest BCUT2D eigenvalue weighted by Gasteiger charge is -1.99. The van der Waals surface area contributed by atoms with Crippen molar-refractivity contribution >= 4 is 5.91 Å². The number of primary amides is 1. The van der Waals surface area contributed by atoms with Crippen molar-refractivity contribution in [1.29, 1.82) is 0 Å². The van der Waals surface area contributed by atoms with Crippen LogP contribution < -0.4 is 5.73 Å². The molecule has 1 saturated carbocycles. The average Bonchev–Trinajstić information content (AvgIpc) is 2.89. The topological polar surface area (TPSA) is 56.0 Å². The molecule has 0 aromatic carbocycles. The van der Waals surface area contributed by atoms with E-state index < -0.39 is 5.91 Å². The van der Waals surface area contributed by atoms with Gasteiger partial charge in [-0.15, -0.1) is 0 Å². The third-order valence-electron chi connectivity index (χ3n) is 2.30. The summed E-state index contributed by atoms with van der Waals surface area (Å²) < 4.78 is 0. The van der Waals surface area contributed by atoms with Crippen molar-refractivity contribution in [3.63, 3.8) is 0 Å². The zero-order valence-electron chi connectivity index (χ0n) is 7.36. The molecule has 0 radical (unpaired) electrons. The fourth-order valence-corrected chi connectivity index (χ4v) is 1.35. The summed E-state index contributed by atoms with van der Waals surface area (Å²) in [7, 11) is 0. The Kier molecular flexibility index (Phi) is 2.00. The number of nitrogens with zero attached hydrogens (tertiary/aromatic N) is 1. The first-order valence-corrected chi connectivity index (χ1v) is 4.50. The zero-order valence-corrected chi connectivity index (χ0v) is 7.36. The Morgan fingerprint density at radius 2 is 2.31 bits per heavy atom. The van der Waals surface area contributed by atoms with E-state index in [9.17, 15) is 4.79 Å². The van der Waals surface area contributed by atoms with Crippen molar-refractivity contribution < 1.29 is 4.79 Å². The number of carbonyl (C=O) groups is 1. The van der Waals surface area contributed by atoms with Crippen molar-refractivity contribution in [3.05, 3.63) is 29.6 Å². The number of hydrogen-bond donors (Lipinski definition) is 1. The lowest BCUT2D eigenvalue weighted by atomic mass is 10.1. The molecular weight excluding hydrogens is 164 g/mol. The van der Waals surface area contributed by atoms with E-state index in [-0.39, 0.29) is 0 Å². The minimum absolute atomic E-state index is 0.347. The van der Waals surface area contributed by atoms with Crippen molar-refractivity contribution in [3.8, 4) is 0 Å². The second-order valence-corrected chi connectivity index (χ2v) is 3.56. The summed E-state index contributed by atoms with van der Waals surface area (Å²) in [5.41, 5.74) is 6.62. The van der Waals surface area contributed by atoms with Crippen LogP contribution in [0, 0.1) is 5.92 Å². The largest absolute Gasteiger partial charge is 0.364 e. The van der Waals surface area contributed by atoms with Gasteiger partial charge < -0.3 is 5.73 Å². The molecule has 1 aliphatic rings. The van der Waals surface area contributed by atoms with Gasteiger partial charge in [-0.25, -0.2) is 0 Å². The Bertz CT molecular complexity index is 314. The Hall–Kier alpha value is -1.38. The van der Waals surface area contributed by atoms with E-state index in [4.69, 9.17) is 5.73 Å². The molecule has 2 N–H and O–H groups in total. The van der Waals surface area contributed by atoms with Gasteiger partial charge in [0.25, 0.3) is 5.91 Å². The van der Waals surface area contributed by atoms with E-state index >= 15 is 0 Å². The maximum atomic E-state index is 10.7. The highest BCUT2D eigenvalue weighted by Gasteiger charge is 2.21. The van der Waals surface area contributed by atoms with E-state index in [1.165, 1.54) is 18.4 Å². The van der Waals surface area contributed by atoms with Gasteiger partial charge in [-0.05, 0) is 36.8 Å². The number of rotatable bonds is 3. The van der Waals surface area contributed by atoms with Gasteiger partial charge in [0.05, 0.1) is 0 Å². The van der Waals surface area contributed by atoms with Crippen LogP contribution in [0.4, 0.5) is 0 Å². The van der Waals surface area contributed by atoms with Gasteiger partial charge in [-0.1, -0.05) is 6.07 Å². The van der Waals surface area contributed by atoms with Crippen molar-refractivity contribution in [1.82, 2.24) is 4.98 Å². The SMILES string of the molecule is NC(=O)c1ccc(CC2CC2)cn1. The molecule has 1 amide bonds. The summed E-state index contributed by atoms with van der Waals surface area (Å²) >= 11 is 0. The number of aromatic nitrogens is 1. The lowest BCUT2D eigenvalue weighted by Crippen LogP contribution is -2.12. The first kappa shape index (κ1) is 8.23. The summed E-state index contributed by atoms with van der Waals surface area (Å²) in [5.74, 6) is 0.388. The van der Waals surface area contributed by atoms with Crippen molar-refractivity contribution in [2.24, 2.45) is 11.7 Å². The molecule has 68 valence electrons. The first-order valence-electron chi connectivity index (χ1n) is 4.50. The maximum Gasteiger partial charge on any atom is 0.267 e. The average molecular weight is 176 g/mol. The number of carbonyl (C=O) groups excluding carboxylic acids is 1. The molecule has 1 aliphatic carbocycles. The summed E-state index contributed by atoms with van der Waals surface area (Å²) in [4.78, 5) is 14.7. The van der Waals surface area contributed by atoms with Gasteiger partial charge in [0.15, 0.2) is 0 Å². The molecule has 0 saturated heterocycles. The van der Waals surface area contributed by atoms with Crippen LogP contribution >= 0.6 is 0 Å². The van der Waals surface area contributed by atoms with Gasteiger partial charge in [-0.3, -0.25) is 9.78 Å². The van der Waals surface area contributed by atoms with Crippen LogP contribution in [-0.2, 0) is 6.42 Å². The van der Waals surface area contributed by atoms with Gasteiger partial charge >= 0.3 is 0 Å². The maximum absolute atomic E-state index is 10.7. The third kappa shape index (κ3) is 2.05. The first-order chi connectivity index (χ1) is 6.25. The van der Waals surface area contributed by atoms with E-state index in [0.717, 1.165) is 12.3 Å². The molecule has 0 spiro atoms. The van der Waals surface area contributed by atoms with Gasteiger partial charge in [-0.2, -0.15) is 0 Å². The highest BCUT2D eigenvalue weighted by molar-refractivity contribution is 5.90. The van der Waals surface area contributed by atoms with Gasteiger partial charge in [0.2, 0.25) is 0 Å². The molecule has 13 heavy (non-hydrogen) atoms. The summed E-state index contributed by atoms with van der Waals surface area (Å²) in [6, 6.07) is 3.63. The predicted octanol–water partition coefficient (Wildman–Crippen LogP) is 1.13. The quantitative estimate of drug-likeness (QED) is 0.750. The minimum Gasteiger partial charge on any atom is -0.364 e. The molecule has 2 rings (SSSR count). The van der Waals surface area contributed by atoms with E-state index in [1.807, 2.05) is 6.07 Å². The Morgan fingerprint density at radius 3 is 2.77 bits per heavy atom. The van der Waals surface area contributed by atoms with Crippen LogP contribution in [0.3, 0.4) is 0 Å². The zero-order chi connectivity index (χ0) is 9.26. The van der Waals surface area contributed by atoms with Gasteiger partial charge in [0, 0.05) is 6.20 Å². The molecule has 3 nitrogen and oxygen atoms in total. The Morgan fingerprint density at radius 1 is 1.54 bits per heavy atom. The van der Waals surface area contributed by atoms with Crippen LogP contribution in [0.1, 0.15) is 28.9 Å². The van der Waals surface area contributed by atoms with Crippen LogP contribution in [0.15, 0.2) is 18.3 Å². The molecule has 0 unspecified atom stereocenters. The minimum atomic E-state index is -0.460. The number of hydrogen-bond acceptors (Lipinski definition) is 2. The van der Waals surface area contributed by atoms with Crippen LogP contribution in [0.25, 0.3) is 0 Å². The van der Waals surface area contributed by atoms with Crippen molar-refractivity contribution in [2.75, 3.05) is 0 Å². The third-order valence-corrected chi connectivity index (χ3v) is 2.30. The normalized spacial score (nSPS) is 15.7. The lowest BCUT2D eigenvalue weighted by molar-refractivity contribution is 0.0995. The molecule has 0 aliphatic heterocycles. The number of pyridine rings is 1. The molecule has 0 bridgehead atoms. The van der Waals surface area contributed by atoms with Crippen molar-refractivity contribution in [2.45, 2.75) is 19.3 Å². The Labute approximate surface area is 77.0 Å². The molecule has 0 atom stereocenters. The Balaban J connectivity index is 2.08. The van der Waals surface area contributed by atoms with Crippen LogP contribution in [0.2, 0.25) is 0 Å². The number of amides is 1. The standard InChI is InChI=1S/C10H12N2O/c11-10(13)9-4-3-8(6-12-9)5-7-1-2-7/h3-4,6-7H,1-2,5H2,(H2,11,13). The second kappa shape index (κ2) is 3.17. The van der Waals surface area contributed by atoms with Crippen LogP contribution in [-0.4, -0.2) is 10.9 Å². The molecule has 1 fully saturated rings. The number of nitrogens with two attached hydrogens (primary N) is 1. The summed E-state index contributed by atoms with van der Waals surface area (Å²) in [6.07, 6.45) is 5.50. The highest BCUT2D eigenvalue weighted by Crippen LogP contribution is 2.32. The molecule has 1 aromatic rings. The summed E-state index contributed by atoms with van der Waals surface area (Å²) in [5, 5.41) is 0. The van der Waals surface area contributed by atoms with Crippen LogP contribution in [0.5, 0.6) is 0 Å². The molecule has 1 heterocycles. The monoisotopic (exact) mass is 176 g/mol. The van der Waals surface area contributed by atoms with Gasteiger partial charge in [0.1, 0.15) is 5.69 Å². The smallest absolute Gasteiger partial charge is 0.267 e. The molecular formula is C10H12N2O. The fraction of sp³-hybridized carbons (Fsp3) is 0.400. The highest BCUT2D eigenvalue weighted by atomic mass is 16.1. The molecule has 1 aromatic heterocycles. The predicted molar refractivity (Wildman–Crippen MR) is 49.2 cm³/mol. The second-order valence-electron chi connectivity index (χ2n) is 3.56. The molecule has 3 heteroatoms. The fourth-order valence-electron chi connectivity index (χ4n) is 1.35.